The summed E-state index contributed by atoms with van der Waals surface area (Å²) < 4.78 is 10.6. The van der Waals surface area contributed by atoms with Crippen LogP contribution in [0, 0.1) is 5.92 Å². The average Bonchev–Trinajstić information content (AvgIpc) is 3.24. The molecule has 0 aliphatic carbocycles. The summed E-state index contributed by atoms with van der Waals surface area (Å²) in [6.07, 6.45) is 3.07. The van der Waals surface area contributed by atoms with Gasteiger partial charge in [0, 0.05) is 19.2 Å². The third kappa shape index (κ3) is 5.04. The Morgan fingerprint density at radius 2 is 1.79 bits per heavy atom. The molecule has 0 spiro atoms. The first-order valence-electron chi connectivity index (χ1n) is 9.86. The molecular formula is C23H30N2O3. The van der Waals surface area contributed by atoms with Gasteiger partial charge in [0.15, 0.2) is 11.5 Å². The van der Waals surface area contributed by atoms with Gasteiger partial charge in [0.1, 0.15) is 0 Å². The van der Waals surface area contributed by atoms with Gasteiger partial charge in [0.2, 0.25) is 0 Å². The number of hydrogen-bond acceptors (Lipinski definition) is 4. The van der Waals surface area contributed by atoms with E-state index in [1.165, 1.54) is 12.0 Å². The zero-order valence-electron chi connectivity index (χ0n) is 17.0. The van der Waals surface area contributed by atoms with E-state index in [1.807, 2.05) is 37.4 Å². The van der Waals surface area contributed by atoms with Crippen molar-refractivity contribution in [2.45, 2.75) is 19.3 Å². The van der Waals surface area contributed by atoms with Crippen LogP contribution in [0.15, 0.2) is 42.5 Å². The summed E-state index contributed by atoms with van der Waals surface area (Å²) in [5.74, 6) is 2.19. The molecule has 28 heavy (non-hydrogen) atoms. The van der Waals surface area contributed by atoms with Crippen LogP contribution in [-0.4, -0.2) is 51.7 Å². The predicted molar refractivity (Wildman–Crippen MR) is 111 cm³/mol. The van der Waals surface area contributed by atoms with E-state index >= 15 is 0 Å². The quantitative estimate of drug-likeness (QED) is 0.762. The fourth-order valence-electron chi connectivity index (χ4n) is 3.66. The van der Waals surface area contributed by atoms with Gasteiger partial charge >= 0.3 is 0 Å². The fourth-order valence-corrected chi connectivity index (χ4v) is 3.66. The molecule has 2 aromatic carbocycles. The number of benzene rings is 2. The Labute approximate surface area is 167 Å². The SMILES string of the molecule is COc1ccc(CCN(C)C(=O)c2ccc(CC3CCNC3)cc2)cc1OC. The molecule has 1 N–H and O–H groups in total. The van der Waals surface area contributed by atoms with Gasteiger partial charge in [-0.05, 0) is 73.7 Å². The van der Waals surface area contributed by atoms with Crippen molar-refractivity contribution in [1.29, 1.82) is 0 Å². The van der Waals surface area contributed by atoms with Crippen LogP contribution in [0.1, 0.15) is 27.9 Å². The summed E-state index contributed by atoms with van der Waals surface area (Å²) in [7, 11) is 5.10. The number of nitrogens with zero attached hydrogens (tertiary/aromatic N) is 1. The van der Waals surface area contributed by atoms with E-state index < -0.39 is 0 Å². The first-order chi connectivity index (χ1) is 13.6. The molecule has 5 nitrogen and oxygen atoms in total. The van der Waals surface area contributed by atoms with Gasteiger partial charge in [-0.3, -0.25) is 4.79 Å². The Bertz CT molecular complexity index is 783. The summed E-state index contributed by atoms with van der Waals surface area (Å²) in [6, 6.07) is 14.0. The van der Waals surface area contributed by atoms with Crippen LogP contribution in [0.4, 0.5) is 0 Å². The number of amides is 1. The lowest BCUT2D eigenvalue weighted by molar-refractivity contribution is 0.0796. The number of likely N-dealkylation sites (N-methyl/N-ethyl adjacent to an activating group) is 1. The minimum atomic E-state index is 0.0505. The highest BCUT2D eigenvalue weighted by atomic mass is 16.5. The van der Waals surface area contributed by atoms with Crippen LogP contribution in [0.2, 0.25) is 0 Å². The van der Waals surface area contributed by atoms with E-state index in [9.17, 15) is 4.79 Å². The molecule has 1 aliphatic heterocycles. The lowest BCUT2D eigenvalue weighted by Gasteiger charge is -2.18. The molecule has 0 saturated carbocycles. The Morgan fingerprint density at radius 3 is 2.43 bits per heavy atom. The highest BCUT2D eigenvalue weighted by molar-refractivity contribution is 5.94. The molecule has 1 amide bonds. The Morgan fingerprint density at radius 1 is 1.07 bits per heavy atom. The third-order valence-corrected chi connectivity index (χ3v) is 5.42. The van der Waals surface area contributed by atoms with Crippen LogP contribution >= 0.6 is 0 Å². The molecule has 1 heterocycles. The first kappa shape index (κ1) is 20.2. The molecule has 3 rings (SSSR count). The predicted octanol–water partition coefficient (Wildman–Crippen LogP) is 3.17. The van der Waals surface area contributed by atoms with Gasteiger partial charge in [0.25, 0.3) is 5.91 Å². The zero-order chi connectivity index (χ0) is 19.9. The number of carbonyl (C=O) groups is 1. The van der Waals surface area contributed by atoms with Crippen molar-refractivity contribution in [3.63, 3.8) is 0 Å². The standard InChI is InChI=1S/C23H30N2O3/c1-25(13-11-18-6-9-21(27-2)22(15-18)28-3)23(26)20-7-4-17(5-8-20)14-19-10-12-24-16-19/h4-9,15,19,24H,10-14,16H2,1-3H3. The van der Waals surface area contributed by atoms with E-state index in [1.54, 1.807) is 19.1 Å². The van der Waals surface area contributed by atoms with Gasteiger partial charge in [-0.15, -0.1) is 0 Å². The molecule has 150 valence electrons. The molecule has 1 atom stereocenters. The molecule has 1 aliphatic rings. The number of rotatable bonds is 8. The minimum absolute atomic E-state index is 0.0505. The molecule has 0 radical (unpaired) electrons. The van der Waals surface area contributed by atoms with E-state index in [0.29, 0.717) is 24.0 Å². The zero-order valence-corrected chi connectivity index (χ0v) is 17.0. The number of ether oxygens (including phenoxy) is 2. The number of nitrogens with one attached hydrogen (secondary N) is 1. The van der Waals surface area contributed by atoms with Crippen LogP contribution in [0.5, 0.6) is 11.5 Å². The highest BCUT2D eigenvalue weighted by Crippen LogP contribution is 2.27. The minimum Gasteiger partial charge on any atom is -0.493 e. The molecule has 0 bridgehead atoms. The monoisotopic (exact) mass is 382 g/mol. The van der Waals surface area contributed by atoms with Gasteiger partial charge in [0.05, 0.1) is 14.2 Å². The fraction of sp³-hybridized carbons (Fsp3) is 0.435. The van der Waals surface area contributed by atoms with Gasteiger partial charge in [-0.2, -0.15) is 0 Å². The third-order valence-electron chi connectivity index (χ3n) is 5.42. The van der Waals surface area contributed by atoms with Crippen molar-refractivity contribution in [3.05, 3.63) is 59.2 Å². The second-order valence-electron chi connectivity index (χ2n) is 7.43. The van der Waals surface area contributed by atoms with Crippen molar-refractivity contribution in [3.8, 4) is 11.5 Å². The summed E-state index contributed by atoms with van der Waals surface area (Å²) in [6.45, 7) is 2.86. The van der Waals surface area contributed by atoms with Crippen LogP contribution in [-0.2, 0) is 12.8 Å². The molecule has 1 saturated heterocycles. The van der Waals surface area contributed by atoms with E-state index in [4.69, 9.17) is 9.47 Å². The second kappa shape index (κ2) is 9.60. The van der Waals surface area contributed by atoms with Crippen LogP contribution in [0.3, 0.4) is 0 Å². The second-order valence-corrected chi connectivity index (χ2v) is 7.43. The Balaban J connectivity index is 1.55. The molecule has 0 aromatic heterocycles. The highest BCUT2D eigenvalue weighted by Gasteiger charge is 2.16. The van der Waals surface area contributed by atoms with Crippen molar-refractivity contribution < 1.29 is 14.3 Å². The van der Waals surface area contributed by atoms with Gasteiger partial charge in [-0.25, -0.2) is 0 Å². The average molecular weight is 383 g/mol. The maximum atomic E-state index is 12.7. The summed E-state index contributed by atoms with van der Waals surface area (Å²) in [5.41, 5.74) is 3.15. The van der Waals surface area contributed by atoms with Crippen LogP contribution < -0.4 is 14.8 Å². The van der Waals surface area contributed by atoms with E-state index in [-0.39, 0.29) is 5.91 Å². The maximum Gasteiger partial charge on any atom is 0.253 e. The van der Waals surface area contributed by atoms with Crippen molar-refractivity contribution in [2.24, 2.45) is 5.92 Å². The lowest BCUT2D eigenvalue weighted by Crippen LogP contribution is -2.28. The molecule has 5 heteroatoms. The Kier molecular flexibility index (Phi) is 6.93. The van der Waals surface area contributed by atoms with Gasteiger partial charge < -0.3 is 19.7 Å². The topological polar surface area (TPSA) is 50.8 Å². The maximum absolute atomic E-state index is 12.7. The molecular weight excluding hydrogens is 352 g/mol. The molecule has 1 fully saturated rings. The van der Waals surface area contributed by atoms with E-state index in [0.717, 1.165) is 37.1 Å². The summed E-state index contributed by atoms with van der Waals surface area (Å²) in [5, 5.41) is 3.40. The normalized spacial score (nSPS) is 16.0. The molecule has 2 aromatic rings. The van der Waals surface area contributed by atoms with Gasteiger partial charge in [-0.1, -0.05) is 18.2 Å². The molecule has 1 unspecified atom stereocenters. The Hall–Kier alpha value is -2.53. The van der Waals surface area contributed by atoms with Crippen molar-refractivity contribution >= 4 is 5.91 Å². The smallest absolute Gasteiger partial charge is 0.253 e. The van der Waals surface area contributed by atoms with Crippen molar-refractivity contribution in [2.75, 3.05) is 40.9 Å². The van der Waals surface area contributed by atoms with Crippen molar-refractivity contribution in [1.82, 2.24) is 10.2 Å². The summed E-state index contributed by atoms with van der Waals surface area (Å²) in [4.78, 5) is 14.5. The first-order valence-corrected chi connectivity index (χ1v) is 9.86. The van der Waals surface area contributed by atoms with Crippen LogP contribution in [0.25, 0.3) is 0 Å². The van der Waals surface area contributed by atoms with E-state index in [2.05, 4.69) is 17.4 Å². The largest absolute Gasteiger partial charge is 0.493 e. The lowest BCUT2D eigenvalue weighted by atomic mass is 9.98. The number of methoxy groups -OCH3 is 2. The number of carbonyl (C=O) groups excluding carboxylic acids is 1. The summed E-state index contributed by atoms with van der Waals surface area (Å²) >= 11 is 0. The number of hydrogen-bond donors (Lipinski definition) is 1.